The maximum atomic E-state index is 13.8. The van der Waals surface area contributed by atoms with Crippen molar-refractivity contribution in [3.63, 3.8) is 0 Å². The largest absolute Gasteiger partial charge is 0.493 e. The fraction of sp³-hybridized carbons (Fsp3) is 0.382. The molecule has 0 saturated heterocycles. The van der Waals surface area contributed by atoms with Gasteiger partial charge < -0.3 is 39.1 Å². The van der Waals surface area contributed by atoms with Gasteiger partial charge in [-0.05, 0) is 65.8 Å². The third-order valence-electron chi connectivity index (χ3n) is 8.02. The van der Waals surface area contributed by atoms with Gasteiger partial charge in [0.2, 0.25) is 34.7 Å². The predicted molar refractivity (Wildman–Crippen MR) is 174 cm³/mol. The Labute approximate surface area is 272 Å². The van der Waals surface area contributed by atoms with E-state index in [4.69, 9.17) is 23.2 Å². The van der Waals surface area contributed by atoms with Crippen molar-refractivity contribution >= 4 is 17.5 Å². The Morgan fingerprint density at radius 2 is 1.85 bits per heavy atom. The average molecular weight is 646 g/mol. The molecule has 2 atom stereocenters. The van der Waals surface area contributed by atoms with Crippen LogP contribution in [-0.4, -0.2) is 55.9 Å². The molecule has 0 saturated carbocycles. The van der Waals surface area contributed by atoms with Gasteiger partial charge in [-0.15, -0.1) is 0 Å². The van der Waals surface area contributed by atoms with Crippen LogP contribution in [0.5, 0.6) is 17.2 Å². The summed E-state index contributed by atoms with van der Waals surface area (Å²) in [5.41, 5.74) is 2.87. The number of hydrogen-bond acceptors (Lipinski definition) is 11. The molecule has 1 aliphatic rings. The van der Waals surface area contributed by atoms with E-state index in [1.54, 1.807) is 32.4 Å². The number of carbonyl (C=O) groups is 2. The molecule has 2 aromatic heterocycles. The first-order valence-corrected chi connectivity index (χ1v) is 15.3. The number of rotatable bonds is 12. The van der Waals surface area contributed by atoms with Gasteiger partial charge >= 0.3 is 0 Å². The summed E-state index contributed by atoms with van der Waals surface area (Å²) < 4.78 is 27.7. The van der Waals surface area contributed by atoms with Gasteiger partial charge in [0.15, 0.2) is 17.3 Å². The minimum absolute atomic E-state index is 0.170. The number of benzene rings is 1. The first kappa shape index (κ1) is 33.0. The van der Waals surface area contributed by atoms with Gasteiger partial charge in [-0.1, -0.05) is 25.1 Å². The van der Waals surface area contributed by atoms with E-state index in [-0.39, 0.29) is 35.4 Å². The van der Waals surface area contributed by atoms with Gasteiger partial charge in [-0.3, -0.25) is 14.4 Å². The number of hydrogen-bond donors (Lipinski definition) is 3. The second-order valence-electron chi connectivity index (χ2n) is 11.5. The van der Waals surface area contributed by atoms with Crippen molar-refractivity contribution in [1.29, 1.82) is 0 Å². The molecule has 3 N–H and O–H groups in total. The standard InChI is InChI=1S/C34H39N5O8/c1-18(2)30(34(42)35-14-13-28-38-33(39-47-28)26-8-7-15-46-26)37-24-12-10-21-22(17-25(24)41)23(36-19(3)40)11-9-20-16-27(43-4)31(44-5)32(45-6)29(20)21/h7-8,10,12,15-18,23,30H,9,11,13-14H2,1-6H3,(H,35,42)(H,36,40)(H,37,41)/t23-,30-/m0/s1. The van der Waals surface area contributed by atoms with Crippen molar-refractivity contribution in [3.05, 3.63) is 69.9 Å². The van der Waals surface area contributed by atoms with Crippen LogP contribution in [0.3, 0.4) is 0 Å². The van der Waals surface area contributed by atoms with Crippen molar-refractivity contribution in [2.75, 3.05) is 33.2 Å². The molecule has 47 heavy (non-hydrogen) atoms. The number of aryl methyl sites for hydroxylation is 1. The molecule has 13 nitrogen and oxygen atoms in total. The van der Waals surface area contributed by atoms with E-state index in [1.165, 1.54) is 26.4 Å². The zero-order chi connectivity index (χ0) is 33.7. The molecule has 0 unspecified atom stereocenters. The summed E-state index contributed by atoms with van der Waals surface area (Å²) in [5, 5.41) is 13.0. The molecule has 2 amide bonds. The molecular weight excluding hydrogens is 606 g/mol. The lowest BCUT2D eigenvalue weighted by atomic mass is 9.95. The minimum Gasteiger partial charge on any atom is -0.493 e. The Bertz CT molecular complexity index is 1800. The number of ether oxygens (including phenoxy) is 3. The lowest BCUT2D eigenvalue weighted by Crippen LogP contribution is -2.44. The summed E-state index contributed by atoms with van der Waals surface area (Å²) >= 11 is 0. The number of carbonyl (C=O) groups excluding carboxylic acids is 2. The van der Waals surface area contributed by atoms with Gasteiger partial charge in [-0.25, -0.2) is 0 Å². The van der Waals surface area contributed by atoms with Crippen LogP contribution in [0.15, 0.2) is 56.4 Å². The lowest BCUT2D eigenvalue weighted by Gasteiger charge is -2.22. The fourth-order valence-corrected chi connectivity index (χ4v) is 5.79. The predicted octanol–water partition coefficient (Wildman–Crippen LogP) is 4.30. The van der Waals surface area contributed by atoms with Crippen molar-refractivity contribution in [2.45, 2.75) is 52.1 Å². The van der Waals surface area contributed by atoms with E-state index in [0.29, 0.717) is 65.1 Å². The average Bonchev–Trinajstić information content (AvgIpc) is 3.70. The van der Waals surface area contributed by atoms with Crippen LogP contribution in [0.4, 0.5) is 5.69 Å². The molecule has 4 aromatic rings. The quantitative estimate of drug-likeness (QED) is 0.201. The molecule has 5 rings (SSSR count). The summed E-state index contributed by atoms with van der Waals surface area (Å²) in [6, 6.07) is 9.16. The number of anilines is 1. The number of amides is 2. The molecule has 248 valence electrons. The number of nitrogens with zero attached hydrogens (tertiary/aromatic N) is 2. The molecule has 0 radical (unpaired) electrons. The van der Waals surface area contributed by atoms with E-state index >= 15 is 0 Å². The van der Waals surface area contributed by atoms with Gasteiger partial charge in [-0.2, -0.15) is 4.98 Å². The van der Waals surface area contributed by atoms with Crippen LogP contribution in [-0.2, 0) is 22.4 Å². The summed E-state index contributed by atoms with van der Waals surface area (Å²) in [5.74, 6) is 1.86. The third-order valence-corrected chi connectivity index (χ3v) is 8.02. The molecule has 2 heterocycles. The first-order chi connectivity index (χ1) is 22.6. The van der Waals surface area contributed by atoms with Crippen LogP contribution in [0.1, 0.15) is 50.3 Å². The Balaban J connectivity index is 1.45. The minimum atomic E-state index is -0.733. The van der Waals surface area contributed by atoms with Crippen LogP contribution >= 0.6 is 0 Å². The number of nitrogens with one attached hydrogen (secondary N) is 3. The van der Waals surface area contributed by atoms with E-state index < -0.39 is 12.1 Å². The first-order valence-electron chi connectivity index (χ1n) is 15.3. The van der Waals surface area contributed by atoms with E-state index in [0.717, 1.165) is 11.1 Å². The van der Waals surface area contributed by atoms with Crippen LogP contribution in [0, 0.1) is 5.92 Å². The molecule has 2 aromatic carbocycles. The van der Waals surface area contributed by atoms with Gasteiger partial charge in [0.1, 0.15) is 6.04 Å². The summed E-state index contributed by atoms with van der Waals surface area (Å²) in [7, 11) is 4.64. The Hall–Kier alpha value is -5.33. The normalized spacial score (nSPS) is 14.3. The van der Waals surface area contributed by atoms with Crippen LogP contribution < -0.4 is 35.6 Å². The van der Waals surface area contributed by atoms with E-state index in [1.807, 2.05) is 26.0 Å². The molecule has 0 aliphatic heterocycles. The number of aromatic nitrogens is 2. The lowest BCUT2D eigenvalue weighted by molar-refractivity contribution is -0.122. The van der Waals surface area contributed by atoms with E-state index in [9.17, 15) is 14.4 Å². The van der Waals surface area contributed by atoms with Crippen molar-refractivity contribution in [3.8, 4) is 40.0 Å². The Morgan fingerprint density at radius 3 is 2.51 bits per heavy atom. The van der Waals surface area contributed by atoms with Crippen molar-refractivity contribution in [2.24, 2.45) is 5.92 Å². The highest BCUT2D eigenvalue weighted by Gasteiger charge is 2.30. The summed E-state index contributed by atoms with van der Waals surface area (Å²) in [4.78, 5) is 43.7. The zero-order valence-corrected chi connectivity index (χ0v) is 27.3. The van der Waals surface area contributed by atoms with Gasteiger partial charge in [0.05, 0.1) is 39.3 Å². The smallest absolute Gasteiger partial charge is 0.242 e. The van der Waals surface area contributed by atoms with Gasteiger partial charge in [0, 0.05) is 25.5 Å². The second-order valence-corrected chi connectivity index (χ2v) is 11.5. The topological polar surface area (TPSA) is 167 Å². The highest BCUT2D eigenvalue weighted by molar-refractivity contribution is 5.86. The molecule has 1 aliphatic carbocycles. The maximum absolute atomic E-state index is 13.8. The molecule has 0 fully saturated rings. The monoisotopic (exact) mass is 645 g/mol. The fourth-order valence-electron chi connectivity index (χ4n) is 5.79. The number of furan rings is 1. The van der Waals surface area contributed by atoms with Gasteiger partial charge in [0.25, 0.3) is 0 Å². The summed E-state index contributed by atoms with van der Waals surface area (Å²) in [6.45, 7) is 5.47. The molecule has 0 bridgehead atoms. The van der Waals surface area contributed by atoms with Crippen LogP contribution in [0.2, 0.25) is 0 Å². The van der Waals surface area contributed by atoms with E-state index in [2.05, 4.69) is 26.1 Å². The number of methoxy groups -OCH3 is 3. The molecular formula is C34H39N5O8. The Kier molecular flexibility index (Phi) is 10.1. The zero-order valence-electron chi connectivity index (χ0n) is 27.3. The third kappa shape index (κ3) is 7.08. The maximum Gasteiger partial charge on any atom is 0.242 e. The van der Waals surface area contributed by atoms with Crippen molar-refractivity contribution in [1.82, 2.24) is 20.8 Å². The second kappa shape index (κ2) is 14.4. The highest BCUT2D eigenvalue weighted by atomic mass is 16.5. The summed E-state index contributed by atoms with van der Waals surface area (Å²) in [6.07, 6.45) is 2.94. The molecule has 0 spiro atoms. The SMILES string of the molecule is COc1cc2c(c(OC)c1OC)-c1ccc(N[C@H](C(=O)NCCc3nc(-c4ccco4)no3)C(C)C)c(=O)cc1[C@@H](NC(C)=O)CC2. The Morgan fingerprint density at radius 1 is 1.06 bits per heavy atom. The van der Waals surface area contributed by atoms with Crippen molar-refractivity contribution < 1.29 is 32.7 Å². The molecule has 13 heteroatoms. The van der Waals surface area contributed by atoms with Crippen LogP contribution in [0.25, 0.3) is 22.7 Å². The highest BCUT2D eigenvalue weighted by Crippen LogP contribution is 2.50. The number of fused-ring (bicyclic) bond motifs is 3.